The second kappa shape index (κ2) is 4.53. The third-order valence-electron chi connectivity index (χ3n) is 4.13. The molecule has 0 aliphatic carbocycles. The van der Waals surface area contributed by atoms with E-state index >= 15 is 0 Å². The van der Waals surface area contributed by atoms with Crippen LogP contribution in [0.5, 0.6) is 6.01 Å². The molecule has 1 fully saturated rings. The van der Waals surface area contributed by atoms with Crippen LogP contribution in [-0.2, 0) is 16.4 Å². The van der Waals surface area contributed by atoms with Gasteiger partial charge in [-0.2, -0.15) is 0 Å². The van der Waals surface area contributed by atoms with Gasteiger partial charge in [-0.1, -0.05) is 0 Å². The van der Waals surface area contributed by atoms with Gasteiger partial charge >= 0.3 is 7.12 Å². The molecule has 6 heteroatoms. The minimum Gasteiger partial charge on any atom is -0.465 e. The van der Waals surface area contributed by atoms with Crippen LogP contribution in [0.25, 0.3) is 0 Å². The van der Waals surface area contributed by atoms with Crippen LogP contribution in [0.2, 0.25) is 0 Å². The van der Waals surface area contributed by atoms with E-state index in [-0.39, 0.29) is 11.2 Å². The van der Waals surface area contributed by atoms with Crippen LogP contribution in [0, 0.1) is 6.92 Å². The number of imidazole rings is 1. The Labute approximate surface area is 115 Å². The SMILES string of the molecule is CCOc1nc(B2OC(C)(C)C(C)(C)O2)c(C)n1C. The summed E-state index contributed by atoms with van der Waals surface area (Å²) in [5.74, 6) is 0. The van der Waals surface area contributed by atoms with Crippen LogP contribution in [0.4, 0.5) is 0 Å². The standard InChI is InChI=1S/C13H23BN2O3/c1-8-17-11-15-10(9(2)16(11)7)14-18-12(3,4)13(5,6)19-14/h8H2,1-7H3. The van der Waals surface area contributed by atoms with E-state index in [2.05, 4.69) is 4.98 Å². The molecule has 2 rings (SSSR count). The van der Waals surface area contributed by atoms with Gasteiger partial charge in [-0.3, -0.25) is 0 Å². The number of hydrogen-bond acceptors (Lipinski definition) is 4. The number of aromatic nitrogens is 2. The van der Waals surface area contributed by atoms with Crippen LogP contribution in [-0.4, -0.2) is 34.5 Å². The molecule has 1 aliphatic rings. The smallest absolute Gasteiger partial charge is 0.465 e. The summed E-state index contributed by atoms with van der Waals surface area (Å²) in [5.41, 5.74) is 1.09. The van der Waals surface area contributed by atoms with Crippen LogP contribution < -0.4 is 10.3 Å². The summed E-state index contributed by atoms with van der Waals surface area (Å²) in [6, 6.07) is 0.602. The van der Waals surface area contributed by atoms with Gasteiger partial charge in [-0.25, -0.2) is 4.98 Å². The van der Waals surface area contributed by atoms with Gasteiger partial charge in [0.15, 0.2) is 0 Å². The Hall–Kier alpha value is -1.01. The van der Waals surface area contributed by atoms with Gasteiger partial charge in [0, 0.05) is 12.7 Å². The average Bonchev–Trinajstić information content (AvgIpc) is 2.67. The first-order valence-corrected chi connectivity index (χ1v) is 6.71. The van der Waals surface area contributed by atoms with Crippen molar-refractivity contribution in [3.05, 3.63) is 5.69 Å². The summed E-state index contributed by atoms with van der Waals surface area (Å²) in [4.78, 5) is 4.50. The lowest BCUT2D eigenvalue weighted by Gasteiger charge is -2.32. The molecule has 0 bridgehead atoms. The first-order valence-electron chi connectivity index (χ1n) is 6.71. The van der Waals surface area contributed by atoms with Crippen LogP contribution in [0.3, 0.4) is 0 Å². The fraction of sp³-hybridized carbons (Fsp3) is 0.769. The Bertz CT molecular complexity index is 466. The normalized spacial score (nSPS) is 20.9. The molecule has 0 saturated carbocycles. The number of nitrogens with zero attached hydrogens (tertiary/aromatic N) is 2. The van der Waals surface area contributed by atoms with Gasteiger partial charge in [0.05, 0.1) is 23.4 Å². The van der Waals surface area contributed by atoms with Crippen molar-refractivity contribution >= 4 is 12.7 Å². The number of ether oxygens (including phenoxy) is 1. The van der Waals surface area contributed by atoms with Crippen molar-refractivity contribution in [2.24, 2.45) is 7.05 Å². The van der Waals surface area contributed by atoms with Gasteiger partial charge in [0.25, 0.3) is 6.01 Å². The Kier molecular flexibility index (Phi) is 3.43. The first-order chi connectivity index (χ1) is 8.69. The fourth-order valence-corrected chi connectivity index (χ4v) is 2.01. The topological polar surface area (TPSA) is 45.5 Å². The van der Waals surface area contributed by atoms with Crippen molar-refractivity contribution in [1.82, 2.24) is 9.55 Å². The fourth-order valence-electron chi connectivity index (χ4n) is 2.01. The zero-order valence-corrected chi connectivity index (χ0v) is 12.9. The van der Waals surface area contributed by atoms with E-state index in [0.29, 0.717) is 12.6 Å². The largest absolute Gasteiger partial charge is 0.516 e. The van der Waals surface area contributed by atoms with E-state index in [1.54, 1.807) is 0 Å². The molecule has 0 radical (unpaired) electrons. The van der Waals surface area contributed by atoms with Crippen molar-refractivity contribution in [3.63, 3.8) is 0 Å². The summed E-state index contributed by atoms with van der Waals surface area (Å²) >= 11 is 0. The summed E-state index contributed by atoms with van der Waals surface area (Å²) in [5, 5.41) is 0. The molecule has 0 N–H and O–H groups in total. The van der Waals surface area contributed by atoms with Gasteiger partial charge in [0.2, 0.25) is 0 Å². The molecular weight excluding hydrogens is 243 g/mol. The minimum absolute atomic E-state index is 0.354. The zero-order valence-electron chi connectivity index (χ0n) is 12.9. The Balaban J connectivity index is 2.32. The van der Waals surface area contributed by atoms with Crippen molar-refractivity contribution < 1.29 is 14.0 Å². The van der Waals surface area contributed by atoms with Crippen molar-refractivity contribution in [2.75, 3.05) is 6.61 Å². The van der Waals surface area contributed by atoms with Crippen molar-refractivity contribution in [2.45, 2.75) is 52.7 Å². The molecule has 0 atom stereocenters. The number of rotatable bonds is 3. The molecule has 0 unspecified atom stereocenters. The molecule has 106 valence electrons. The lowest BCUT2D eigenvalue weighted by Crippen LogP contribution is -2.41. The van der Waals surface area contributed by atoms with Gasteiger partial charge in [-0.15, -0.1) is 0 Å². The third kappa shape index (κ3) is 2.27. The average molecular weight is 266 g/mol. The number of hydrogen-bond donors (Lipinski definition) is 0. The predicted molar refractivity (Wildman–Crippen MR) is 74.8 cm³/mol. The molecule has 5 nitrogen and oxygen atoms in total. The molecule has 19 heavy (non-hydrogen) atoms. The lowest BCUT2D eigenvalue weighted by molar-refractivity contribution is 0.00578. The second-order valence-electron chi connectivity index (χ2n) is 5.95. The highest BCUT2D eigenvalue weighted by Gasteiger charge is 2.53. The molecule has 1 aromatic rings. The highest BCUT2D eigenvalue weighted by Crippen LogP contribution is 2.36. The second-order valence-corrected chi connectivity index (χ2v) is 5.95. The minimum atomic E-state index is -0.439. The lowest BCUT2D eigenvalue weighted by atomic mass is 9.83. The summed E-state index contributed by atoms with van der Waals surface area (Å²) in [7, 11) is 1.49. The van der Waals surface area contributed by atoms with Gasteiger partial charge < -0.3 is 18.6 Å². The highest BCUT2D eigenvalue weighted by atomic mass is 16.7. The molecule has 0 spiro atoms. The molecule has 0 aromatic carbocycles. The van der Waals surface area contributed by atoms with E-state index in [9.17, 15) is 0 Å². The Morgan fingerprint density at radius 1 is 1.21 bits per heavy atom. The maximum absolute atomic E-state index is 6.02. The highest BCUT2D eigenvalue weighted by molar-refractivity contribution is 6.61. The van der Waals surface area contributed by atoms with Crippen LogP contribution in [0.1, 0.15) is 40.3 Å². The van der Waals surface area contributed by atoms with E-state index < -0.39 is 7.12 Å². The maximum atomic E-state index is 6.02. The van der Waals surface area contributed by atoms with Gasteiger partial charge in [-0.05, 0) is 41.5 Å². The van der Waals surface area contributed by atoms with Crippen molar-refractivity contribution in [3.8, 4) is 6.01 Å². The maximum Gasteiger partial charge on any atom is 0.516 e. The molecular formula is C13H23BN2O3. The molecule has 1 aromatic heterocycles. The zero-order chi connectivity index (χ0) is 14.4. The summed E-state index contributed by atoms with van der Waals surface area (Å²) in [6.45, 7) is 12.7. The van der Waals surface area contributed by atoms with E-state index in [0.717, 1.165) is 11.3 Å². The van der Waals surface area contributed by atoms with Gasteiger partial charge in [0.1, 0.15) is 0 Å². The van der Waals surface area contributed by atoms with Crippen LogP contribution in [0.15, 0.2) is 0 Å². The van der Waals surface area contributed by atoms with E-state index in [1.807, 2.05) is 53.2 Å². The van der Waals surface area contributed by atoms with E-state index in [1.165, 1.54) is 0 Å². The first kappa shape index (κ1) is 14.4. The summed E-state index contributed by atoms with van der Waals surface area (Å²) < 4.78 is 19.5. The predicted octanol–water partition coefficient (Wildman–Crippen LogP) is 1.43. The molecule has 2 heterocycles. The monoisotopic (exact) mass is 266 g/mol. The molecule has 1 saturated heterocycles. The quantitative estimate of drug-likeness (QED) is 0.776. The molecule has 0 amide bonds. The Morgan fingerprint density at radius 3 is 2.21 bits per heavy atom. The van der Waals surface area contributed by atoms with Crippen molar-refractivity contribution in [1.29, 1.82) is 0 Å². The van der Waals surface area contributed by atoms with E-state index in [4.69, 9.17) is 14.0 Å². The third-order valence-corrected chi connectivity index (χ3v) is 4.13. The summed E-state index contributed by atoms with van der Waals surface area (Å²) in [6.07, 6.45) is 0. The Morgan fingerprint density at radius 2 is 1.74 bits per heavy atom. The molecule has 1 aliphatic heterocycles. The van der Waals surface area contributed by atoms with Crippen LogP contribution >= 0.6 is 0 Å².